The van der Waals surface area contributed by atoms with Crippen molar-refractivity contribution in [2.75, 3.05) is 36.3 Å². The highest BCUT2D eigenvalue weighted by Gasteiger charge is 2.19. The second-order valence-electron chi connectivity index (χ2n) is 5.84. The zero-order chi connectivity index (χ0) is 14.5. The molecule has 4 N–H and O–H groups in total. The highest BCUT2D eigenvalue weighted by atomic mass is 15.4. The van der Waals surface area contributed by atoms with E-state index in [9.17, 15) is 0 Å². The summed E-state index contributed by atoms with van der Waals surface area (Å²) in [6.45, 7) is 3.24. The lowest BCUT2D eigenvalue weighted by atomic mass is 9.82. The molecular formula is C13H25N7. The minimum absolute atomic E-state index is 0.378. The largest absolute Gasteiger partial charge is 0.354 e. The normalized spacial score (nSPS) is 22.4. The Morgan fingerprint density at radius 1 is 1.20 bits per heavy atom. The first-order valence-corrected chi connectivity index (χ1v) is 7.22. The van der Waals surface area contributed by atoms with Gasteiger partial charge < -0.3 is 10.2 Å². The van der Waals surface area contributed by atoms with Crippen molar-refractivity contribution in [3.63, 3.8) is 0 Å². The van der Waals surface area contributed by atoms with Crippen molar-refractivity contribution >= 4 is 17.8 Å². The van der Waals surface area contributed by atoms with Crippen LogP contribution in [0.15, 0.2) is 0 Å². The van der Waals surface area contributed by atoms with E-state index >= 15 is 0 Å². The molecule has 2 atom stereocenters. The lowest BCUT2D eigenvalue weighted by Gasteiger charge is -2.26. The standard InChI is InChI=1S/C13H25N7/c1-9-5-4-6-10(7-9)8-15-11-16-12(19-14)18-13(17-11)20(2)3/h9-10H,4-8,14H2,1-3H3,(H2,15,16,17,18,19). The molecule has 0 radical (unpaired) electrons. The lowest BCUT2D eigenvalue weighted by Crippen LogP contribution is -2.23. The molecule has 2 unspecified atom stereocenters. The van der Waals surface area contributed by atoms with Gasteiger partial charge in [-0.2, -0.15) is 15.0 Å². The summed E-state index contributed by atoms with van der Waals surface area (Å²) < 4.78 is 0. The average molecular weight is 279 g/mol. The van der Waals surface area contributed by atoms with Gasteiger partial charge in [0.2, 0.25) is 17.8 Å². The van der Waals surface area contributed by atoms with E-state index in [0.29, 0.717) is 23.8 Å². The van der Waals surface area contributed by atoms with Gasteiger partial charge in [-0.3, -0.25) is 5.43 Å². The Bertz CT molecular complexity index is 435. The third-order valence-corrected chi connectivity index (χ3v) is 3.75. The Morgan fingerprint density at radius 3 is 2.60 bits per heavy atom. The molecule has 20 heavy (non-hydrogen) atoms. The number of nitrogens with zero attached hydrogens (tertiary/aromatic N) is 4. The van der Waals surface area contributed by atoms with Crippen LogP contribution < -0.4 is 21.5 Å². The SMILES string of the molecule is CC1CCCC(CNc2nc(NN)nc(N(C)C)n2)C1. The summed E-state index contributed by atoms with van der Waals surface area (Å²) in [6.07, 6.45) is 5.24. The molecule has 0 amide bonds. The molecule has 1 aromatic heterocycles. The summed E-state index contributed by atoms with van der Waals surface area (Å²) >= 11 is 0. The van der Waals surface area contributed by atoms with E-state index in [4.69, 9.17) is 5.84 Å². The molecule has 1 saturated carbocycles. The van der Waals surface area contributed by atoms with Crippen LogP contribution in [-0.2, 0) is 0 Å². The summed E-state index contributed by atoms with van der Waals surface area (Å²) in [5, 5.41) is 3.32. The molecule has 0 spiro atoms. The number of nitrogens with one attached hydrogen (secondary N) is 2. The number of nitrogen functional groups attached to an aromatic ring is 1. The fourth-order valence-corrected chi connectivity index (χ4v) is 2.69. The number of hydrogen-bond donors (Lipinski definition) is 3. The molecule has 1 aliphatic rings. The summed E-state index contributed by atoms with van der Waals surface area (Å²) in [5.74, 6) is 8.47. The van der Waals surface area contributed by atoms with Gasteiger partial charge in [0.25, 0.3) is 0 Å². The summed E-state index contributed by atoms with van der Waals surface area (Å²) in [5.41, 5.74) is 2.48. The number of anilines is 3. The number of hydrogen-bond acceptors (Lipinski definition) is 7. The Morgan fingerprint density at radius 2 is 1.95 bits per heavy atom. The van der Waals surface area contributed by atoms with Crippen LogP contribution in [0, 0.1) is 11.8 Å². The Balaban J connectivity index is 1.99. The minimum Gasteiger partial charge on any atom is -0.354 e. The van der Waals surface area contributed by atoms with Crippen LogP contribution in [0.1, 0.15) is 32.6 Å². The zero-order valence-corrected chi connectivity index (χ0v) is 12.6. The maximum absolute atomic E-state index is 5.40. The maximum Gasteiger partial charge on any atom is 0.243 e. The van der Waals surface area contributed by atoms with Crippen molar-refractivity contribution in [1.82, 2.24) is 15.0 Å². The van der Waals surface area contributed by atoms with Crippen LogP contribution >= 0.6 is 0 Å². The predicted molar refractivity (Wildman–Crippen MR) is 81.6 cm³/mol. The molecule has 0 saturated heterocycles. The summed E-state index contributed by atoms with van der Waals surface area (Å²) in [4.78, 5) is 14.6. The first-order chi connectivity index (χ1) is 9.58. The summed E-state index contributed by atoms with van der Waals surface area (Å²) in [7, 11) is 3.78. The molecule has 7 heteroatoms. The van der Waals surface area contributed by atoms with Crippen LogP contribution in [-0.4, -0.2) is 35.6 Å². The van der Waals surface area contributed by atoms with Gasteiger partial charge in [-0.1, -0.05) is 19.8 Å². The van der Waals surface area contributed by atoms with Crippen LogP contribution in [0.4, 0.5) is 17.8 Å². The second kappa shape index (κ2) is 6.69. The van der Waals surface area contributed by atoms with Crippen LogP contribution in [0.25, 0.3) is 0 Å². The summed E-state index contributed by atoms with van der Waals surface area (Å²) in [6, 6.07) is 0. The predicted octanol–water partition coefficient (Wildman–Crippen LogP) is 1.46. The molecular weight excluding hydrogens is 254 g/mol. The van der Waals surface area contributed by atoms with E-state index in [-0.39, 0.29) is 0 Å². The third-order valence-electron chi connectivity index (χ3n) is 3.75. The molecule has 1 fully saturated rings. The van der Waals surface area contributed by atoms with Gasteiger partial charge in [-0.25, -0.2) is 5.84 Å². The molecule has 1 aliphatic carbocycles. The van der Waals surface area contributed by atoms with Gasteiger partial charge in [0.05, 0.1) is 0 Å². The molecule has 1 heterocycles. The maximum atomic E-state index is 5.40. The minimum atomic E-state index is 0.378. The smallest absolute Gasteiger partial charge is 0.243 e. The van der Waals surface area contributed by atoms with Crippen molar-refractivity contribution in [1.29, 1.82) is 0 Å². The van der Waals surface area contributed by atoms with Gasteiger partial charge >= 0.3 is 0 Å². The topological polar surface area (TPSA) is 92.0 Å². The van der Waals surface area contributed by atoms with Crippen molar-refractivity contribution in [2.24, 2.45) is 17.7 Å². The van der Waals surface area contributed by atoms with E-state index in [2.05, 4.69) is 32.6 Å². The Labute approximate surface area is 120 Å². The third kappa shape index (κ3) is 3.93. The second-order valence-corrected chi connectivity index (χ2v) is 5.84. The van der Waals surface area contributed by atoms with Gasteiger partial charge in [0.1, 0.15) is 0 Å². The quantitative estimate of drug-likeness (QED) is 0.555. The molecule has 112 valence electrons. The van der Waals surface area contributed by atoms with E-state index in [0.717, 1.165) is 12.5 Å². The fourth-order valence-electron chi connectivity index (χ4n) is 2.69. The molecule has 1 aromatic rings. The monoisotopic (exact) mass is 279 g/mol. The molecule has 2 rings (SSSR count). The fraction of sp³-hybridized carbons (Fsp3) is 0.769. The highest BCUT2D eigenvalue weighted by Crippen LogP contribution is 2.28. The van der Waals surface area contributed by atoms with Crippen LogP contribution in [0.3, 0.4) is 0 Å². The van der Waals surface area contributed by atoms with E-state index in [1.54, 1.807) is 0 Å². The van der Waals surface area contributed by atoms with E-state index in [1.165, 1.54) is 25.7 Å². The number of aromatic nitrogens is 3. The van der Waals surface area contributed by atoms with Crippen molar-refractivity contribution < 1.29 is 0 Å². The first kappa shape index (κ1) is 14.8. The van der Waals surface area contributed by atoms with E-state index < -0.39 is 0 Å². The van der Waals surface area contributed by atoms with Gasteiger partial charge in [-0.15, -0.1) is 0 Å². The van der Waals surface area contributed by atoms with Crippen LogP contribution in [0.5, 0.6) is 0 Å². The van der Waals surface area contributed by atoms with Crippen molar-refractivity contribution in [3.8, 4) is 0 Å². The molecule has 7 nitrogen and oxygen atoms in total. The molecule has 0 aromatic carbocycles. The Hall–Kier alpha value is -1.63. The average Bonchev–Trinajstić information content (AvgIpc) is 2.45. The zero-order valence-electron chi connectivity index (χ0n) is 12.6. The Kier molecular flexibility index (Phi) is 4.94. The first-order valence-electron chi connectivity index (χ1n) is 7.22. The number of nitrogens with two attached hydrogens (primary N) is 1. The van der Waals surface area contributed by atoms with Gasteiger partial charge in [0, 0.05) is 20.6 Å². The lowest BCUT2D eigenvalue weighted by molar-refractivity contribution is 0.293. The molecule has 0 bridgehead atoms. The number of hydrazine groups is 1. The van der Waals surface area contributed by atoms with E-state index in [1.807, 2.05) is 19.0 Å². The van der Waals surface area contributed by atoms with Crippen molar-refractivity contribution in [2.45, 2.75) is 32.6 Å². The van der Waals surface area contributed by atoms with Gasteiger partial charge in [-0.05, 0) is 24.7 Å². The van der Waals surface area contributed by atoms with Crippen LogP contribution in [0.2, 0.25) is 0 Å². The molecule has 0 aliphatic heterocycles. The van der Waals surface area contributed by atoms with Gasteiger partial charge in [0.15, 0.2) is 0 Å². The van der Waals surface area contributed by atoms with Crippen molar-refractivity contribution in [3.05, 3.63) is 0 Å². The number of rotatable bonds is 5. The highest BCUT2D eigenvalue weighted by molar-refractivity contribution is 5.42.